The predicted molar refractivity (Wildman–Crippen MR) is 182 cm³/mol. The Morgan fingerprint density at radius 2 is 1.02 bits per heavy atom. The van der Waals surface area contributed by atoms with Crippen molar-refractivity contribution in [3.63, 3.8) is 0 Å². The molecule has 0 bridgehead atoms. The molecule has 0 fully saturated rings. The summed E-state index contributed by atoms with van der Waals surface area (Å²) in [4.78, 5) is 0. The van der Waals surface area contributed by atoms with E-state index in [4.69, 9.17) is 9.47 Å². The van der Waals surface area contributed by atoms with Gasteiger partial charge in [0, 0.05) is 11.2 Å². The van der Waals surface area contributed by atoms with Gasteiger partial charge in [0.2, 0.25) is 0 Å². The number of rotatable bonds is 9. The van der Waals surface area contributed by atoms with E-state index in [1.54, 1.807) is 14.2 Å². The smallest absolute Gasteiger partial charge is 0.123 e. The zero-order valence-corrected chi connectivity index (χ0v) is 25.7. The molecule has 2 atom stereocenters. The van der Waals surface area contributed by atoms with E-state index in [0.29, 0.717) is 0 Å². The molecule has 0 amide bonds. The SMILES string of the molecule is COC1=CC=CC(P(c2ccccc2)c2ccccc2)C1c1c(OC)cccc1P(c1ccccc1)c1ccccc1. The minimum Gasteiger partial charge on any atom is -0.500 e. The number of allylic oxidation sites excluding steroid dienone is 4. The Hall–Kier alpha value is -3.96. The van der Waals surface area contributed by atoms with Gasteiger partial charge in [-0.1, -0.05) is 146 Å². The van der Waals surface area contributed by atoms with Crippen LogP contribution < -0.4 is 31.3 Å². The van der Waals surface area contributed by atoms with Crippen LogP contribution in [0.15, 0.2) is 164 Å². The molecule has 5 aromatic carbocycles. The lowest BCUT2D eigenvalue weighted by Gasteiger charge is -2.38. The monoisotopic (exact) mass is 584 g/mol. The molecule has 0 heterocycles. The van der Waals surface area contributed by atoms with Crippen molar-refractivity contribution in [3.05, 3.63) is 169 Å². The molecule has 1 aliphatic carbocycles. The molecule has 2 unspecified atom stereocenters. The molecule has 0 spiro atoms. The average Bonchev–Trinajstić information content (AvgIpc) is 3.07. The molecule has 208 valence electrons. The summed E-state index contributed by atoms with van der Waals surface area (Å²) in [5, 5.41) is 6.62. The van der Waals surface area contributed by atoms with Crippen molar-refractivity contribution in [2.75, 3.05) is 14.2 Å². The Balaban J connectivity index is 1.61. The standard InChI is InChI=1S/C38H34O2P2/c1-39-33-25-15-27-35(41(29-17-7-3-8-18-29)30-19-9-4-10-20-30)37(33)38-34(40-2)26-16-28-36(38)42(31-21-11-5-12-22-31)32-23-13-6-14-24-32/h3-28,35,37H,1-2H3. The quantitative estimate of drug-likeness (QED) is 0.172. The van der Waals surface area contributed by atoms with Crippen molar-refractivity contribution in [1.29, 1.82) is 0 Å². The van der Waals surface area contributed by atoms with Gasteiger partial charge in [0.15, 0.2) is 0 Å². The highest BCUT2D eigenvalue weighted by Crippen LogP contribution is 2.53. The van der Waals surface area contributed by atoms with Crippen LogP contribution in [0.4, 0.5) is 0 Å². The van der Waals surface area contributed by atoms with E-state index < -0.39 is 15.8 Å². The molecule has 0 aliphatic heterocycles. The Labute approximate surface area is 251 Å². The zero-order valence-electron chi connectivity index (χ0n) is 23.9. The van der Waals surface area contributed by atoms with E-state index >= 15 is 0 Å². The third-order valence-corrected chi connectivity index (χ3v) is 12.9. The van der Waals surface area contributed by atoms with Gasteiger partial charge in [-0.05, 0) is 54.5 Å². The van der Waals surface area contributed by atoms with Gasteiger partial charge in [0.1, 0.15) is 11.5 Å². The van der Waals surface area contributed by atoms with Crippen molar-refractivity contribution < 1.29 is 9.47 Å². The lowest BCUT2D eigenvalue weighted by molar-refractivity contribution is 0.262. The zero-order chi connectivity index (χ0) is 28.7. The van der Waals surface area contributed by atoms with Gasteiger partial charge in [-0.3, -0.25) is 0 Å². The minimum absolute atomic E-state index is 0.0323. The average molecular weight is 585 g/mol. The van der Waals surface area contributed by atoms with Gasteiger partial charge in [-0.2, -0.15) is 0 Å². The fourth-order valence-electron chi connectivity index (χ4n) is 5.86. The van der Waals surface area contributed by atoms with Gasteiger partial charge in [-0.25, -0.2) is 0 Å². The van der Waals surface area contributed by atoms with Crippen LogP contribution in [0.5, 0.6) is 5.75 Å². The first-order chi connectivity index (χ1) is 20.8. The molecule has 4 heteroatoms. The summed E-state index contributed by atoms with van der Waals surface area (Å²) in [7, 11) is 1.95. The number of hydrogen-bond acceptors (Lipinski definition) is 2. The summed E-state index contributed by atoms with van der Waals surface area (Å²) in [5.41, 5.74) is 1.36. The Bertz CT molecular complexity index is 1570. The van der Waals surface area contributed by atoms with Crippen LogP contribution >= 0.6 is 15.8 Å². The first-order valence-electron chi connectivity index (χ1n) is 14.2. The summed E-state index contributed by atoms with van der Waals surface area (Å²) in [6.07, 6.45) is 6.70. The van der Waals surface area contributed by atoms with E-state index in [1.165, 1.54) is 32.1 Å². The second-order valence-corrected chi connectivity index (χ2v) is 14.6. The van der Waals surface area contributed by atoms with Crippen molar-refractivity contribution in [2.45, 2.75) is 11.6 Å². The maximum Gasteiger partial charge on any atom is 0.123 e. The summed E-state index contributed by atoms with van der Waals surface area (Å²) in [6, 6.07) is 50.3. The molecular formula is C38H34O2P2. The van der Waals surface area contributed by atoms with E-state index in [-0.39, 0.29) is 11.6 Å². The molecule has 1 aliphatic rings. The first-order valence-corrected chi connectivity index (χ1v) is 16.9. The third kappa shape index (κ3) is 5.71. The van der Waals surface area contributed by atoms with Crippen LogP contribution in [-0.2, 0) is 4.74 Å². The highest BCUT2D eigenvalue weighted by molar-refractivity contribution is 7.80. The van der Waals surface area contributed by atoms with Crippen molar-refractivity contribution in [3.8, 4) is 5.75 Å². The summed E-state index contributed by atoms with van der Waals surface area (Å²) < 4.78 is 12.4. The van der Waals surface area contributed by atoms with Gasteiger partial charge in [0.25, 0.3) is 0 Å². The predicted octanol–water partition coefficient (Wildman–Crippen LogP) is 7.14. The fourth-order valence-corrected chi connectivity index (χ4v) is 11.2. The largest absolute Gasteiger partial charge is 0.500 e. The molecule has 6 rings (SSSR count). The molecule has 42 heavy (non-hydrogen) atoms. The molecule has 2 nitrogen and oxygen atoms in total. The van der Waals surface area contributed by atoms with E-state index in [2.05, 4.69) is 158 Å². The number of methoxy groups -OCH3 is 2. The molecule has 0 saturated heterocycles. The molecular weight excluding hydrogens is 550 g/mol. The van der Waals surface area contributed by atoms with Gasteiger partial charge >= 0.3 is 0 Å². The fraction of sp³-hybridized carbons (Fsp3) is 0.105. The van der Waals surface area contributed by atoms with E-state index in [1.807, 2.05) is 0 Å². The summed E-state index contributed by atoms with van der Waals surface area (Å²) >= 11 is 0. The van der Waals surface area contributed by atoms with E-state index in [0.717, 1.165) is 11.5 Å². The Morgan fingerprint density at radius 1 is 0.524 bits per heavy atom. The van der Waals surface area contributed by atoms with Crippen LogP contribution in [-0.4, -0.2) is 19.9 Å². The molecule has 0 radical (unpaired) electrons. The second kappa shape index (κ2) is 13.3. The highest BCUT2D eigenvalue weighted by Gasteiger charge is 2.39. The third-order valence-electron chi connectivity index (χ3n) is 7.66. The highest BCUT2D eigenvalue weighted by atomic mass is 31.1. The topological polar surface area (TPSA) is 18.5 Å². The molecule has 5 aromatic rings. The van der Waals surface area contributed by atoms with Crippen molar-refractivity contribution >= 4 is 42.4 Å². The molecule has 0 aromatic heterocycles. The maximum atomic E-state index is 6.23. The van der Waals surface area contributed by atoms with Crippen molar-refractivity contribution in [1.82, 2.24) is 0 Å². The Morgan fingerprint density at radius 3 is 1.50 bits per heavy atom. The van der Waals surface area contributed by atoms with Crippen LogP contribution in [0.25, 0.3) is 0 Å². The molecule has 0 N–H and O–H groups in total. The normalized spacial score (nSPS) is 16.3. The maximum absolute atomic E-state index is 6.23. The van der Waals surface area contributed by atoms with Crippen molar-refractivity contribution in [2.24, 2.45) is 0 Å². The number of ether oxygens (including phenoxy) is 2. The molecule has 0 saturated carbocycles. The minimum atomic E-state index is -0.864. The lowest BCUT2D eigenvalue weighted by Crippen LogP contribution is -2.33. The summed E-state index contributed by atoms with van der Waals surface area (Å²) in [6.45, 7) is 0. The summed E-state index contributed by atoms with van der Waals surface area (Å²) in [5.74, 6) is 1.83. The Kier molecular flexibility index (Phi) is 8.95. The van der Waals surface area contributed by atoms with Crippen LogP contribution in [0.3, 0.4) is 0 Å². The lowest BCUT2D eigenvalue weighted by atomic mass is 9.89. The van der Waals surface area contributed by atoms with E-state index in [9.17, 15) is 0 Å². The number of benzene rings is 5. The van der Waals surface area contributed by atoms with Gasteiger partial charge in [-0.15, -0.1) is 0 Å². The van der Waals surface area contributed by atoms with Gasteiger partial charge in [0.05, 0.1) is 20.1 Å². The first kappa shape index (κ1) is 28.2. The van der Waals surface area contributed by atoms with Gasteiger partial charge < -0.3 is 9.47 Å². The second-order valence-electron chi connectivity index (χ2n) is 10.1. The van der Waals surface area contributed by atoms with Crippen LogP contribution in [0.2, 0.25) is 0 Å². The van der Waals surface area contributed by atoms with Crippen LogP contribution in [0, 0.1) is 0 Å². The van der Waals surface area contributed by atoms with Crippen LogP contribution in [0.1, 0.15) is 11.5 Å². The number of hydrogen-bond donors (Lipinski definition) is 0.